The second kappa shape index (κ2) is 10.8. The summed E-state index contributed by atoms with van der Waals surface area (Å²) in [7, 11) is -1.84. The monoisotopic (exact) mass is 512 g/mol. The zero-order valence-corrected chi connectivity index (χ0v) is 21.5. The number of aromatic nitrogens is 2. The maximum absolute atomic E-state index is 13.4. The van der Waals surface area contributed by atoms with Gasteiger partial charge in [-0.05, 0) is 49.9 Å². The number of halogens is 2. The number of aryl methyl sites for hydroxylation is 2. The fourth-order valence-electron chi connectivity index (χ4n) is 5.41. The number of rotatable bonds is 7. The van der Waals surface area contributed by atoms with Crippen LogP contribution in [0.3, 0.4) is 0 Å². The fraction of sp³-hybridized carbons (Fsp3) is 0.583. The van der Waals surface area contributed by atoms with Gasteiger partial charge in [-0.3, -0.25) is 9.69 Å². The van der Waals surface area contributed by atoms with Crippen molar-refractivity contribution in [3.8, 4) is 0 Å². The normalized spacial score (nSPS) is 19.5. The molecule has 7 nitrogen and oxygen atoms in total. The SMILES string of the molecule is Cc1cc(F)ccc1C(=O)CCC1(N2CCN(S(=O)(=O)c3cn(C)cn3)CC2)CCCCC1.Cl. The van der Waals surface area contributed by atoms with Crippen molar-refractivity contribution >= 4 is 28.2 Å². The smallest absolute Gasteiger partial charge is 0.262 e. The first-order valence-corrected chi connectivity index (χ1v) is 13.2. The number of hydrogen-bond donors (Lipinski definition) is 0. The highest BCUT2D eigenvalue weighted by molar-refractivity contribution is 7.89. The summed E-state index contributed by atoms with van der Waals surface area (Å²) in [6.07, 6.45) is 9.68. The molecule has 4 rings (SSSR count). The van der Waals surface area contributed by atoms with Crippen LogP contribution >= 0.6 is 12.4 Å². The summed E-state index contributed by atoms with van der Waals surface area (Å²) >= 11 is 0. The van der Waals surface area contributed by atoms with E-state index in [1.165, 1.54) is 35.4 Å². The molecule has 1 aromatic heterocycles. The summed E-state index contributed by atoms with van der Waals surface area (Å²) in [6.45, 7) is 3.91. The van der Waals surface area contributed by atoms with Crippen LogP contribution in [0.2, 0.25) is 0 Å². The molecule has 0 atom stereocenters. The number of carbonyl (C=O) groups excluding carboxylic acids is 1. The number of piperazine rings is 1. The Hall–Kier alpha value is -1.81. The zero-order valence-electron chi connectivity index (χ0n) is 19.9. The fourth-order valence-corrected chi connectivity index (χ4v) is 6.80. The third-order valence-corrected chi connectivity index (χ3v) is 9.07. The summed E-state index contributed by atoms with van der Waals surface area (Å²) in [5, 5.41) is 0.0890. The molecule has 0 N–H and O–H groups in total. The number of Topliss-reactive ketones (excluding diaryl/α,β-unsaturated/α-hetero) is 1. The molecule has 0 unspecified atom stereocenters. The van der Waals surface area contributed by atoms with Crippen LogP contribution in [0.1, 0.15) is 60.9 Å². The number of benzene rings is 1. The quantitative estimate of drug-likeness (QED) is 0.525. The Balaban J connectivity index is 0.00000324. The molecule has 2 aliphatic rings. The van der Waals surface area contributed by atoms with Crippen LogP contribution in [0.5, 0.6) is 0 Å². The van der Waals surface area contributed by atoms with Crippen molar-refractivity contribution in [1.29, 1.82) is 0 Å². The van der Waals surface area contributed by atoms with Crippen molar-refractivity contribution in [2.24, 2.45) is 7.05 Å². The van der Waals surface area contributed by atoms with E-state index in [1.807, 2.05) is 0 Å². The van der Waals surface area contributed by atoms with Gasteiger partial charge in [-0.15, -0.1) is 12.4 Å². The summed E-state index contributed by atoms with van der Waals surface area (Å²) in [5.74, 6) is -0.278. The van der Waals surface area contributed by atoms with E-state index in [2.05, 4.69) is 9.88 Å². The molecule has 1 saturated carbocycles. The van der Waals surface area contributed by atoms with E-state index >= 15 is 0 Å². The third-order valence-electron chi connectivity index (χ3n) is 7.29. The molecule has 0 bridgehead atoms. The minimum absolute atomic E-state index is 0. The van der Waals surface area contributed by atoms with Crippen LogP contribution in [0.25, 0.3) is 0 Å². The molecule has 188 valence electrons. The van der Waals surface area contributed by atoms with Gasteiger partial charge in [0, 0.05) is 56.9 Å². The first kappa shape index (κ1) is 26.8. The summed E-state index contributed by atoms with van der Waals surface area (Å²) in [4.78, 5) is 19.4. The topological polar surface area (TPSA) is 75.5 Å². The summed E-state index contributed by atoms with van der Waals surface area (Å²) in [6, 6.07) is 4.34. The van der Waals surface area contributed by atoms with E-state index in [0.717, 1.165) is 32.1 Å². The molecule has 1 saturated heterocycles. The van der Waals surface area contributed by atoms with Crippen molar-refractivity contribution in [2.45, 2.75) is 62.4 Å². The van der Waals surface area contributed by atoms with E-state index in [1.54, 1.807) is 24.6 Å². The Kier molecular flexibility index (Phi) is 8.55. The number of ketones is 1. The van der Waals surface area contributed by atoms with Crippen molar-refractivity contribution in [3.63, 3.8) is 0 Å². The van der Waals surface area contributed by atoms with E-state index in [9.17, 15) is 17.6 Å². The lowest BCUT2D eigenvalue weighted by Crippen LogP contribution is -2.58. The lowest BCUT2D eigenvalue weighted by Gasteiger charge is -2.49. The van der Waals surface area contributed by atoms with Crippen LogP contribution in [-0.4, -0.2) is 64.7 Å². The Morgan fingerprint density at radius 2 is 1.79 bits per heavy atom. The molecule has 2 fully saturated rings. The Morgan fingerprint density at radius 1 is 1.12 bits per heavy atom. The highest BCUT2D eigenvalue weighted by Gasteiger charge is 2.41. The van der Waals surface area contributed by atoms with Gasteiger partial charge in [-0.25, -0.2) is 17.8 Å². The second-order valence-electron chi connectivity index (χ2n) is 9.44. The molecule has 10 heteroatoms. The average Bonchev–Trinajstić information content (AvgIpc) is 3.25. The first-order valence-electron chi connectivity index (χ1n) is 11.7. The molecule has 0 spiro atoms. The number of nitrogens with zero attached hydrogens (tertiary/aromatic N) is 4. The Labute approximate surface area is 207 Å². The number of carbonyl (C=O) groups is 1. The second-order valence-corrected chi connectivity index (χ2v) is 11.3. The summed E-state index contributed by atoms with van der Waals surface area (Å²) < 4.78 is 42.5. The van der Waals surface area contributed by atoms with Crippen LogP contribution in [0.4, 0.5) is 4.39 Å². The predicted octanol–water partition coefficient (Wildman–Crippen LogP) is 3.96. The van der Waals surface area contributed by atoms with E-state index in [4.69, 9.17) is 0 Å². The van der Waals surface area contributed by atoms with Gasteiger partial charge >= 0.3 is 0 Å². The maximum atomic E-state index is 13.4. The molecular formula is C24H34ClFN4O3S. The Bertz CT molecular complexity index is 1110. The molecule has 1 aliphatic heterocycles. The first-order chi connectivity index (χ1) is 15.7. The van der Waals surface area contributed by atoms with Gasteiger partial charge in [0.25, 0.3) is 10.0 Å². The summed E-state index contributed by atoms with van der Waals surface area (Å²) in [5.41, 5.74) is 1.18. The standard InChI is InChI=1S/C24H33FN4O3S.ClH/c1-19-16-20(25)6-7-21(19)22(30)8-11-24(9-4-3-5-10-24)28-12-14-29(15-13-28)33(31,32)23-17-27(2)18-26-23;/h6-7,16-18H,3-5,8-15H2,1-2H3;1H. The molecule has 0 radical (unpaired) electrons. The van der Waals surface area contributed by atoms with Gasteiger partial charge in [0.15, 0.2) is 10.8 Å². The van der Waals surface area contributed by atoms with E-state index < -0.39 is 10.0 Å². The highest BCUT2D eigenvalue weighted by Crippen LogP contribution is 2.39. The molecule has 0 amide bonds. The van der Waals surface area contributed by atoms with Crippen LogP contribution < -0.4 is 0 Å². The van der Waals surface area contributed by atoms with E-state index in [0.29, 0.717) is 43.7 Å². The lowest BCUT2D eigenvalue weighted by molar-refractivity contribution is 0.0165. The molecule has 1 aliphatic carbocycles. The molecule has 34 heavy (non-hydrogen) atoms. The molecule has 1 aromatic carbocycles. The number of sulfonamides is 1. The minimum atomic E-state index is -3.60. The van der Waals surface area contributed by atoms with Crippen LogP contribution in [0.15, 0.2) is 35.7 Å². The van der Waals surface area contributed by atoms with Crippen molar-refractivity contribution in [1.82, 2.24) is 18.8 Å². The van der Waals surface area contributed by atoms with Crippen LogP contribution in [0, 0.1) is 12.7 Å². The van der Waals surface area contributed by atoms with Gasteiger partial charge in [0.2, 0.25) is 0 Å². The van der Waals surface area contributed by atoms with Crippen LogP contribution in [-0.2, 0) is 17.1 Å². The zero-order chi connectivity index (χ0) is 23.6. The third kappa shape index (κ3) is 5.53. The van der Waals surface area contributed by atoms with Gasteiger partial charge in [0.1, 0.15) is 5.82 Å². The number of imidazole rings is 1. The van der Waals surface area contributed by atoms with Crippen molar-refractivity contribution in [2.75, 3.05) is 26.2 Å². The molecule has 2 aromatic rings. The van der Waals surface area contributed by atoms with Gasteiger partial charge in [-0.1, -0.05) is 19.3 Å². The van der Waals surface area contributed by atoms with Crippen molar-refractivity contribution < 1.29 is 17.6 Å². The predicted molar refractivity (Wildman–Crippen MR) is 131 cm³/mol. The number of hydrogen-bond acceptors (Lipinski definition) is 5. The highest BCUT2D eigenvalue weighted by atomic mass is 35.5. The van der Waals surface area contributed by atoms with E-state index in [-0.39, 0.29) is 34.6 Å². The molecule has 2 heterocycles. The minimum Gasteiger partial charge on any atom is -0.339 e. The largest absolute Gasteiger partial charge is 0.339 e. The van der Waals surface area contributed by atoms with Gasteiger partial charge in [-0.2, -0.15) is 4.31 Å². The Morgan fingerprint density at radius 3 is 2.38 bits per heavy atom. The molecular weight excluding hydrogens is 479 g/mol. The average molecular weight is 513 g/mol. The van der Waals surface area contributed by atoms with Gasteiger partial charge < -0.3 is 4.57 Å². The van der Waals surface area contributed by atoms with Gasteiger partial charge in [0.05, 0.1) is 6.33 Å². The lowest BCUT2D eigenvalue weighted by atomic mass is 9.76. The maximum Gasteiger partial charge on any atom is 0.262 e. The van der Waals surface area contributed by atoms with Crippen molar-refractivity contribution in [3.05, 3.63) is 47.7 Å².